The number of hydrogen-bond acceptors (Lipinski definition) is 8. The molecular formula is C21H17ClN4O3S2. The van der Waals surface area contributed by atoms with Gasteiger partial charge in [-0.2, -0.15) is 0 Å². The fourth-order valence-corrected chi connectivity index (χ4v) is 4.19. The zero-order chi connectivity index (χ0) is 21.6. The van der Waals surface area contributed by atoms with E-state index >= 15 is 0 Å². The van der Waals surface area contributed by atoms with Gasteiger partial charge in [0, 0.05) is 10.4 Å². The summed E-state index contributed by atoms with van der Waals surface area (Å²) in [6.45, 7) is 2.02. The van der Waals surface area contributed by atoms with Crippen molar-refractivity contribution in [2.45, 2.75) is 18.8 Å². The Morgan fingerprint density at radius 1 is 1.16 bits per heavy atom. The first-order chi connectivity index (χ1) is 15.1. The molecule has 0 saturated carbocycles. The van der Waals surface area contributed by atoms with Crippen LogP contribution >= 0.6 is 34.7 Å². The second kappa shape index (κ2) is 9.95. The molecule has 158 valence electrons. The Bertz CT molecular complexity index is 1150. The molecule has 2 aromatic carbocycles. The number of benzene rings is 2. The zero-order valence-corrected chi connectivity index (χ0v) is 18.8. The van der Waals surface area contributed by atoms with E-state index in [4.69, 9.17) is 20.8 Å². The van der Waals surface area contributed by atoms with Gasteiger partial charge in [0.2, 0.25) is 5.91 Å². The number of nitrogens with zero attached hydrogens (tertiary/aromatic N) is 4. The minimum absolute atomic E-state index is 0.118. The molecular weight excluding hydrogens is 456 g/mol. The van der Waals surface area contributed by atoms with Crippen LogP contribution in [-0.4, -0.2) is 26.8 Å². The molecule has 0 bridgehead atoms. The molecule has 0 N–H and O–H groups in total. The summed E-state index contributed by atoms with van der Waals surface area (Å²) in [4.78, 5) is 19.1. The van der Waals surface area contributed by atoms with E-state index < -0.39 is 0 Å². The Labute approximate surface area is 192 Å². The third-order valence-corrected chi connectivity index (χ3v) is 6.00. The standard InChI is InChI=1S/C21H17ClN4O3S2/c1-14-12-30-20(23-14)26(16-5-3-2-4-6-16)19(27)13-31-21-25-24-18(29-21)11-28-17-9-7-15(22)8-10-17/h2-10,12H,11,13H2,1H3. The summed E-state index contributed by atoms with van der Waals surface area (Å²) in [5, 5.41) is 11.4. The summed E-state index contributed by atoms with van der Waals surface area (Å²) in [7, 11) is 0. The minimum atomic E-state index is -0.136. The van der Waals surface area contributed by atoms with E-state index in [1.807, 2.05) is 42.6 Å². The normalized spacial score (nSPS) is 10.8. The summed E-state index contributed by atoms with van der Waals surface area (Å²) in [6, 6.07) is 16.4. The monoisotopic (exact) mass is 472 g/mol. The average Bonchev–Trinajstić information content (AvgIpc) is 3.42. The Balaban J connectivity index is 1.38. The quantitative estimate of drug-likeness (QED) is 0.312. The first-order valence-electron chi connectivity index (χ1n) is 9.22. The third kappa shape index (κ3) is 5.63. The van der Waals surface area contributed by atoms with Crippen LogP contribution in [0.2, 0.25) is 5.02 Å². The lowest BCUT2D eigenvalue weighted by atomic mass is 10.3. The molecule has 7 nitrogen and oxygen atoms in total. The Morgan fingerprint density at radius 3 is 2.65 bits per heavy atom. The molecule has 1 amide bonds. The van der Waals surface area contributed by atoms with Gasteiger partial charge in [0.05, 0.1) is 17.1 Å². The van der Waals surface area contributed by atoms with Gasteiger partial charge in [-0.3, -0.25) is 9.69 Å². The van der Waals surface area contributed by atoms with Crippen LogP contribution < -0.4 is 9.64 Å². The molecule has 0 atom stereocenters. The molecule has 0 aliphatic heterocycles. The van der Waals surface area contributed by atoms with Gasteiger partial charge in [-0.15, -0.1) is 21.5 Å². The number of halogens is 1. The van der Waals surface area contributed by atoms with Crippen molar-refractivity contribution in [1.82, 2.24) is 15.2 Å². The molecule has 4 aromatic rings. The van der Waals surface area contributed by atoms with E-state index in [1.54, 1.807) is 29.2 Å². The van der Waals surface area contributed by atoms with Crippen molar-refractivity contribution < 1.29 is 13.9 Å². The molecule has 10 heteroatoms. The predicted octanol–water partition coefficient (Wildman–Crippen LogP) is 5.52. The van der Waals surface area contributed by atoms with E-state index in [0.29, 0.717) is 27.0 Å². The first-order valence-corrected chi connectivity index (χ1v) is 11.5. The largest absolute Gasteiger partial charge is 0.484 e. The fourth-order valence-electron chi connectivity index (χ4n) is 2.60. The predicted molar refractivity (Wildman–Crippen MR) is 121 cm³/mol. The second-order valence-corrected chi connectivity index (χ2v) is 8.53. The number of thioether (sulfide) groups is 1. The highest BCUT2D eigenvalue weighted by atomic mass is 35.5. The Hall–Kier alpha value is -2.88. The Morgan fingerprint density at radius 2 is 1.94 bits per heavy atom. The van der Waals surface area contributed by atoms with Gasteiger partial charge >= 0.3 is 0 Å². The molecule has 2 heterocycles. The van der Waals surface area contributed by atoms with Gasteiger partial charge in [-0.05, 0) is 43.3 Å². The van der Waals surface area contributed by atoms with E-state index in [-0.39, 0.29) is 18.3 Å². The SMILES string of the molecule is Cc1csc(N(C(=O)CSc2nnc(COc3ccc(Cl)cc3)o2)c2ccccc2)n1. The molecule has 0 aliphatic rings. The van der Waals surface area contributed by atoms with Crippen molar-refractivity contribution in [3.05, 3.63) is 76.6 Å². The topological polar surface area (TPSA) is 81.4 Å². The number of carbonyl (C=O) groups excluding carboxylic acids is 1. The van der Waals surface area contributed by atoms with Gasteiger partial charge in [0.1, 0.15) is 5.75 Å². The highest BCUT2D eigenvalue weighted by Gasteiger charge is 2.22. The van der Waals surface area contributed by atoms with E-state index in [0.717, 1.165) is 11.4 Å². The number of hydrogen-bond donors (Lipinski definition) is 0. The second-order valence-electron chi connectivity index (χ2n) is 6.33. The molecule has 0 unspecified atom stereocenters. The van der Waals surface area contributed by atoms with Gasteiger partial charge in [-0.1, -0.05) is 41.6 Å². The maximum atomic E-state index is 13.0. The van der Waals surface area contributed by atoms with Crippen molar-refractivity contribution in [1.29, 1.82) is 0 Å². The van der Waals surface area contributed by atoms with Gasteiger partial charge in [0.25, 0.3) is 11.1 Å². The molecule has 0 aliphatic carbocycles. The smallest absolute Gasteiger partial charge is 0.277 e. The lowest BCUT2D eigenvalue weighted by Gasteiger charge is -2.19. The minimum Gasteiger partial charge on any atom is -0.484 e. The number of ether oxygens (including phenoxy) is 1. The third-order valence-electron chi connectivity index (χ3n) is 4.01. The van der Waals surface area contributed by atoms with Crippen LogP contribution in [0.1, 0.15) is 11.6 Å². The van der Waals surface area contributed by atoms with Crippen molar-refractivity contribution in [3.8, 4) is 5.75 Å². The number of para-hydroxylation sites is 1. The van der Waals surface area contributed by atoms with Gasteiger partial charge in [-0.25, -0.2) is 4.98 Å². The highest BCUT2D eigenvalue weighted by molar-refractivity contribution is 7.99. The average molecular weight is 473 g/mol. The fraction of sp³-hybridized carbons (Fsp3) is 0.143. The van der Waals surface area contributed by atoms with E-state index in [1.165, 1.54) is 23.1 Å². The van der Waals surface area contributed by atoms with Crippen LogP contribution in [0.15, 0.2) is 69.6 Å². The van der Waals surface area contributed by atoms with Crippen molar-refractivity contribution in [3.63, 3.8) is 0 Å². The van der Waals surface area contributed by atoms with Crippen LogP contribution in [0.25, 0.3) is 0 Å². The summed E-state index contributed by atoms with van der Waals surface area (Å²) < 4.78 is 11.2. The Kier molecular flexibility index (Phi) is 6.86. The van der Waals surface area contributed by atoms with Crippen LogP contribution in [0.3, 0.4) is 0 Å². The van der Waals surface area contributed by atoms with Gasteiger partial charge in [0.15, 0.2) is 11.7 Å². The van der Waals surface area contributed by atoms with Crippen molar-refractivity contribution in [2.24, 2.45) is 0 Å². The lowest BCUT2D eigenvalue weighted by Crippen LogP contribution is -2.27. The van der Waals surface area contributed by atoms with Gasteiger partial charge < -0.3 is 9.15 Å². The number of anilines is 2. The molecule has 31 heavy (non-hydrogen) atoms. The molecule has 2 aromatic heterocycles. The number of aryl methyl sites for hydroxylation is 1. The number of thiazole rings is 1. The number of aromatic nitrogens is 3. The summed E-state index contributed by atoms with van der Waals surface area (Å²) in [5.41, 5.74) is 1.62. The summed E-state index contributed by atoms with van der Waals surface area (Å²) in [6.07, 6.45) is 0. The zero-order valence-electron chi connectivity index (χ0n) is 16.4. The highest BCUT2D eigenvalue weighted by Crippen LogP contribution is 2.30. The first kappa shape index (κ1) is 21.4. The van der Waals surface area contributed by atoms with Crippen LogP contribution in [0.4, 0.5) is 10.8 Å². The van der Waals surface area contributed by atoms with Crippen molar-refractivity contribution >= 4 is 51.4 Å². The molecule has 0 fully saturated rings. The van der Waals surface area contributed by atoms with E-state index in [2.05, 4.69) is 15.2 Å². The van der Waals surface area contributed by atoms with Crippen molar-refractivity contribution in [2.75, 3.05) is 10.7 Å². The molecule has 0 radical (unpaired) electrons. The maximum Gasteiger partial charge on any atom is 0.277 e. The lowest BCUT2D eigenvalue weighted by molar-refractivity contribution is -0.115. The van der Waals surface area contributed by atoms with Crippen LogP contribution in [0, 0.1) is 6.92 Å². The number of amides is 1. The van der Waals surface area contributed by atoms with E-state index in [9.17, 15) is 4.79 Å². The van der Waals surface area contributed by atoms with Crippen LogP contribution in [-0.2, 0) is 11.4 Å². The summed E-state index contributed by atoms with van der Waals surface area (Å²) in [5.74, 6) is 0.944. The molecule has 0 spiro atoms. The molecule has 0 saturated heterocycles. The molecule has 4 rings (SSSR count). The number of carbonyl (C=O) groups is 1. The maximum absolute atomic E-state index is 13.0. The van der Waals surface area contributed by atoms with Crippen LogP contribution in [0.5, 0.6) is 5.75 Å². The summed E-state index contributed by atoms with van der Waals surface area (Å²) >= 11 is 8.45. The number of rotatable bonds is 8.